The maximum Gasteiger partial charge on any atom is 0.261 e. The summed E-state index contributed by atoms with van der Waals surface area (Å²) >= 11 is 0. The molecule has 2 aliphatic rings. The number of fused-ring (bicyclic) bond motifs is 2. The number of likely N-dealkylation sites (tertiary alicyclic amines) is 1. The van der Waals surface area contributed by atoms with E-state index in [-0.39, 0.29) is 11.5 Å². The minimum absolute atomic E-state index is 0.0146. The molecule has 0 aliphatic carbocycles. The van der Waals surface area contributed by atoms with Crippen LogP contribution in [0.5, 0.6) is 0 Å². The zero-order valence-corrected chi connectivity index (χ0v) is 16.0. The van der Waals surface area contributed by atoms with Crippen LogP contribution in [0.4, 0.5) is 0 Å². The third-order valence-electron chi connectivity index (χ3n) is 5.95. The molecule has 1 aromatic heterocycles. The molecule has 1 saturated heterocycles. The van der Waals surface area contributed by atoms with Crippen molar-refractivity contribution < 1.29 is 4.79 Å². The van der Waals surface area contributed by atoms with Gasteiger partial charge in [-0.25, -0.2) is 4.98 Å². The number of rotatable bonds is 4. The molecule has 1 fully saturated rings. The summed E-state index contributed by atoms with van der Waals surface area (Å²) in [6.45, 7) is 5.64. The second-order valence-corrected chi connectivity index (χ2v) is 7.81. The van der Waals surface area contributed by atoms with Crippen LogP contribution in [0.25, 0.3) is 10.9 Å². The van der Waals surface area contributed by atoms with Gasteiger partial charge >= 0.3 is 0 Å². The van der Waals surface area contributed by atoms with Crippen LogP contribution in [0.2, 0.25) is 0 Å². The van der Waals surface area contributed by atoms with Crippen LogP contribution in [0.3, 0.4) is 0 Å². The molecule has 1 atom stereocenters. The summed E-state index contributed by atoms with van der Waals surface area (Å²) < 4.78 is 1.78. The quantitative estimate of drug-likeness (QED) is 0.899. The topological polar surface area (TPSA) is 67.2 Å². The summed E-state index contributed by atoms with van der Waals surface area (Å²) in [7, 11) is 0. The molecular formula is C21H28N4O2. The van der Waals surface area contributed by atoms with E-state index in [9.17, 15) is 9.59 Å². The molecule has 2 aromatic rings. The van der Waals surface area contributed by atoms with Gasteiger partial charge in [-0.15, -0.1) is 0 Å². The number of nitrogens with zero attached hydrogens (tertiary/aromatic N) is 3. The molecule has 0 bridgehead atoms. The number of amides is 1. The first-order chi connectivity index (χ1) is 13.1. The molecule has 6 nitrogen and oxygen atoms in total. The Labute approximate surface area is 159 Å². The molecule has 0 unspecified atom stereocenters. The van der Waals surface area contributed by atoms with Crippen LogP contribution in [-0.4, -0.2) is 46.0 Å². The zero-order valence-electron chi connectivity index (χ0n) is 16.0. The minimum Gasteiger partial charge on any atom is -0.351 e. The molecule has 2 aliphatic heterocycles. The third-order valence-corrected chi connectivity index (χ3v) is 5.95. The summed E-state index contributed by atoms with van der Waals surface area (Å²) in [5.74, 6) is 0.747. The van der Waals surface area contributed by atoms with Crippen molar-refractivity contribution in [3.05, 3.63) is 39.9 Å². The van der Waals surface area contributed by atoms with Crippen molar-refractivity contribution in [3.63, 3.8) is 0 Å². The Morgan fingerprint density at radius 2 is 2.07 bits per heavy atom. The lowest BCUT2D eigenvalue weighted by Gasteiger charge is -2.33. The van der Waals surface area contributed by atoms with Gasteiger partial charge < -0.3 is 5.32 Å². The summed E-state index contributed by atoms with van der Waals surface area (Å²) in [5, 5.41) is 3.61. The molecule has 0 radical (unpaired) electrons. The zero-order chi connectivity index (χ0) is 18.8. The maximum absolute atomic E-state index is 12.6. The average molecular weight is 368 g/mol. The van der Waals surface area contributed by atoms with Gasteiger partial charge in [0.2, 0.25) is 0 Å². The first kappa shape index (κ1) is 18.2. The Balaban J connectivity index is 1.46. The highest BCUT2D eigenvalue weighted by Crippen LogP contribution is 2.17. The van der Waals surface area contributed by atoms with Gasteiger partial charge in [0.15, 0.2) is 0 Å². The Kier molecular flexibility index (Phi) is 5.25. The Hall–Kier alpha value is -2.21. The summed E-state index contributed by atoms with van der Waals surface area (Å²) in [6, 6.07) is 5.83. The molecule has 0 spiro atoms. The van der Waals surface area contributed by atoms with Crippen molar-refractivity contribution in [3.8, 4) is 0 Å². The normalized spacial score (nSPS) is 20.4. The highest BCUT2D eigenvalue weighted by molar-refractivity contribution is 5.97. The lowest BCUT2D eigenvalue weighted by Crippen LogP contribution is -2.42. The smallest absolute Gasteiger partial charge is 0.261 e. The first-order valence-corrected chi connectivity index (χ1v) is 10.2. The molecule has 3 heterocycles. The molecule has 6 heteroatoms. The van der Waals surface area contributed by atoms with Crippen molar-refractivity contribution in [1.82, 2.24) is 19.8 Å². The average Bonchev–Trinajstić information content (AvgIpc) is 2.69. The molecule has 1 aromatic carbocycles. The number of piperidine rings is 1. The number of benzene rings is 1. The van der Waals surface area contributed by atoms with Crippen LogP contribution >= 0.6 is 0 Å². The largest absolute Gasteiger partial charge is 0.351 e. The third kappa shape index (κ3) is 3.76. The molecular weight excluding hydrogens is 340 g/mol. The first-order valence-electron chi connectivity index (χ1n) is 10.2. The Morgan fingerprint density at radius 3 is 2.93 bits per heavy atom. The van der Waals surface area contributed by atoms with E-state index in [0.717, 1.165) is 44.7 Å². The van der Waals surface area contributed by atoms with E-state index < -0.39 is 0 Å². The van der Waals surface area contributed by atoms with Crippen molar-refractivity contribution in [2.24, 2.45) is 0 Å². The molecule has 1 amide bonds. The van der Waals surface area contributed by atoms with Crippen LogP contribution in [-0.2, 0) is 13.0 Å². The lowest BCUT2D eigenvalue weighted by atomic mass is 10.0. The number of hydrogen-bond donors (Lipinski definition) is 1. The molecule has 144 valence electrons. The second-order valence-electron chi connectivity index (χ2n) is 7.81. The number of nitrogens with one attached hydrogen (secondary N) is 1. The van der Waals surface area contributed by atoms with Gasteiger partial charge in [0.25, 0.3) is 11.5 Å². The number of hydrogen-bond acceptors (Lipinski definition) is 4. The fourth-order valence-corrected chi connectivity index (χ4v) is 4.29. The van der Waals surface area contributed by atoms with E-state index in [1.807, 2.05) is 0 Å². The van der Waals surface area contributed by atoms with E-state index in [2.05, 4.69) is 22.1 Å². The van der Waals surface area contributed by atoms with Crippen LogP contribution in [0.15, 0.2) is 23.0 Å². The molecule has 27 heavy (non-hydrogen) atoms. The fourth-order valence-electron chi connectivity index (χ4n) is 4.29. The van der Waals surface area contributed by atoms with Crippen LogP contribution < -0.4 is 10.9 Å². The number of carbonyl (C=O) groups excluding carboxylic acids is 1. The molecule has 4 rings (SSSR count). The summed E-state index contributed by atoms with van der Waals surface area (Å²) in [5.41, 5.74) is 1.22. The monoisotopic (exact) mass is 368 g/mol. The number of aryl methyl sites for hydroxylation is 1. The Bertz CT molecular complexity index is 905. The lowest BCUT2D eigenvalue weighted by molar-refractivity contribution is 0.0938. The number of carbonyl (C=O) groups is 1. The van der Waals surface area contributed by atoms with Crippen molar-refractivity contribution in [2.75, 3.05) is 19.6 Å². The minimum atomic E-state index is -0.0961. The van der Waals surface area contributed by atoms with Crippen molar-refractivity contribution in [1.29, 1.82) is 0 Å². The highest BCUT2D eigenvalue weighted by atomic mass is 16.1. The van der Waals surface area contributed by atoms with Crippen LogP contribution in [0.1, 0.15) is 55.2 Å². The molecule has 0 saturated carbocycles. The standard InChI is InChI=1S/C21H28N4O2/c1-15-6-2-4-11-24(15)13-10-22-20(26)16-8-9-17-18(14-16)23-19-7-3-5-12-25(19)21(17)27/h8-9,14-15H,2-7,10-13H2,1H3,(H,22,26)/t15-/m0/s1. The van der Waals surface area contributed by atoms with Gasteiger partial charge in [0.1, 0.15) is 5.82 Å². The van der Waals surface area contributed by atoms with Gasteiger partial charge in [-0.3, -0.25) is 19.1 Å². The van der Waals surface area contributed by atoms with Crippen LogP contribution in [0, 0.1) is 0 Å². The SMILES string of the molecule is C[C@H]1CCCCN1CCNC(=O)c1ccc2c(=O)n3c(nc2c1)CCCC3. The second kappa shape index (κ2) is 7.80. The summed E-state index contributed by atoms with van der Waals surface area (Å²) in [4.78, 5) is 32.3. The van der Waals surface area contributed by atoms with E-state index in [0.29, 0.717) is 29.1 Å². The fraction of sp³-hybridized carbons (Fsp3) is 0.571. The number of aromatic nitrogens is 2. The van der Waals surface area contributed by atoms with Gasteiger partial charge in [-0.1, -0.05) is 6.42 Å². The van der Waals surface area contributed by atoms with E-state index in [1.165, 1.54) is 19.3 Å². The van der Waals surface area contributed by atoms with E-state index in [1.54, 1.807) is 22.8 Å². The predicted molar refractivity (Wildman–Crippen MR) is 106 cm³/mol. The Morgan fingerprint density at radius 1 is 1.22 bits per heavy atom. The maximum atomic E-state index is 12.6. The van der Waals surface area contributed by atoms with Gasteiger partial charge in [-0.2, -0.15) is 0 Å². The van der Waals surface area contributed by atoms with Gasteiger partial charge in [-0.05, 0) is 57.4 Å². The van der Waals surface area contributed by atoms with E-state index >= 15 is 0 Å². The summed E-state index contributed by atoms with van der Waals surface area (Å²) in [6.07, 6.45) is 6.70. The van der Waals surface area contributed by atoms with Crippen molar-refractivity contribution in [2.45, 2.75) is 58.0 Å². The highest BCUT2D eigenvalue weighted by Gasteiger charge is 2.18. The van der Waals surface area contributed by atoms with Crippen molar-refractivity contribution >= 4 is 16.8 Å². The van der Waals surface area contributed by atoms with Gasteiger partial charge in [0, 0.05) is 37.7 Å². The van der Waals surface area contributed by atoms with E-state index in [4.69, 9.17) is 0 Å². The van der Waals surface area contributed by atoms with Gasteiger partial charge in [0.05, 0.1) is 10.9 Å². The predicted octanol–water partition coefficient (Wildman–Crippen LogP) is 2.34. The molecule has 1 N–H and O–H groups in total.